The van der Waals surface area contributed by atoms with Gasteiger partial charge in [0.25, 0.3) is 0 Å². The molecule has 10 N–H and O–H groups in total. The summed E-state index contributed by atoms with van der Waals surface area (Å²) in [4.78, 5) is 60.9. The first-order valence-electron chi connectivity index (χ1n) is 11.4. The minimum atomic E-state index is -1.43. The van der Waals surface area contributed by atoms with Gasteiger partial charge in [0, 0.05) is 12.8 Å². The Kier molecular flexibility index (Phi) is 12.3. The largest absolute Gasteiger partial charge is 0.508 e. The van der Waals surface area contributed by atoms with E-state index in [1.165, 1.54) is 24.3 Å². The number of phenolic OH excluding ortho intramolecular Hbond substituents is 1. The SMILES string of the molecule is CC(C)CC(NC(=O)C(N)CO)C(=O)NC(Cc1ccc(O)cc1)C(=O)NC(CCC(N)=O)C(=O)O. The fraction of sp³-hybridized carbons (Fsp3) is 0.522. The summed E-state index contributed by atoms with van der Waals surface area (Å²) in [7, 11) is 0. The van der Waals surface area contributed by atoms with E-state index in [2.05, 4.69) is 16.0 Å². The Hall–Kier alpha value is -3.71. The molecular formula is C23H35N5O8. The first kappa shape index (κ1) is 30.3. The topological polar surface area (TPSA) is 234 Å². The minimum absolute atomic E-state index is 0.0129. The van der Waals surface area contributed by atoms with E-state index in [9.17, 15) is 34.2 Å². The molecule has 200 valence electrons. The first-order chi connectivity index (χ1) is 16.8. The van der Waals surface area contributed by atoms with Gasteiger partial charge in [-0.15, -0.1) is 0 Å². The van der Waals surface area contributed by atoms with Gasteiger partial charge in [-0.3, -0.25) is 19.2 Å². The Morgan fingerprint density at radius 2 is 1.42 bits per heavy atom. The van der Waals surface area contributed by atoms with Crippen molar-refractivity contribution in [1.82, 2.24) is 16.0 Å². The van der Waals surface area contributed by atoms with Crippen molar-refractivity contribution in [3.63, 3.8) is 0 Å². The second-order valence-electron chi connectivity index (χ2n) is 8.82. The number of carboxylic acid groups (broad SMARTS) is 1. The maximum atomic E-state index is 13.1. The number of amides is 4. The Bertz CT molecular complexity index is 922. The van der Waals surface area contributed by atoms with Crippen molar-refractivity contribution in [1.29, 1.82) is 0 Å². The van der Waals surface area contributed by atoms with Crippen LogP contribution in [0, 0.1) is 5.92 Å². The molecule has 0 aliphatic rings. The van der Waals surface area contributed by atoms with Crippen LogP contribution in [0.25, 0.3) is 0 Å². The molecule has 13 nitrogen and oxygen atoms in total. The number of benzene rings is 1. The second-order valence-corrected chi connectivity index (χ2v) is 8.82. The lowest BCUT2D eigenvalue weighted by Crippen LogP contribution is -2.58. The lowest BCUT2D eigenvalue weighted by molar-refractivity contribution is -0.142. The highest BCUT2D eigenvalue weighted by Gasteiger charge is 2.31. The van der Waals surface area contributed by atoms with Gasteiger partial charge in [-0.25, -0.2) is 4.79 Å². The van der Waals surface area contributed by atoms with E-state index in [0.29, 0.717) is 5.56 Å². The van der Waals surface area contributed by atoms with Gasteiger partial charge in [-0.05, 0) is 36.5 Å². The molecular weight excluding hydrogens is 474 g/mol. The average molecular weight is 510 g/mol. The van der Waals surface area contributed by atoms with E-state index in [1.54, 1.807) is 0 Å². The normalized spacial score (nSPS) is 14.2. The summed E-state index contributed by atoms with van der Waals surface area (Å²) in [6.45, 7) is 3.00. The van der Waals surface area contributed by atoms with E-state index in [-0.39, 0.29) is 37.4 Å². The van der Waals surface area contributed by atoms with Crippen LogP contribution in [0.3, 0.4) is 0 Å². The lowest BCUT2D eigenvalue weighted by Gasteiger charge is -2.26. The number of hydrogen-bond donors (Lipinski definition) is 8. The summed E-state index contributed by atoms with van der Waals surface area (Å²) in [5, 5.41) is 35.4. The number of phenols is 1. The molecule has 4 unspecified atom stereocenters. The van der Waals surface area contributed by atoms with Gasteiger partial charge in [0.2, 0.25) is 23.6 Å². The number of hydrogen-bond acceptors (Lipinski definition) is 8. The Balaban J connectivity index is 3.15. The summed E-state index contributed by atoms with van der Waals surface area (Å²) in [6.07, 6.45) is -0.403. The predicted molar refractivity (Wildman–Crippen MR) is 128 cm³/mol. The number of nitrogens with one attached hydrogen (secondary N) is 3. The number of rotatable bonds is 15. The van der Waals surface area contributed by atoms with Crippen molar-refractivity contribution in [3.8, 4) is 5.75 Å². The van der Waals surface area contributed by atoms with Crippen LogP contribution in [0.4, 0.5) is 0 Å². The number of aliphatic hydroxyl groups is 1. The molecule has 0 saturated heterocycles. The lowest BCUT2D eigenvalue weighted by atomic mass is 10.0. The summed E-state index contributed by atoms with van der Waals surface area (Å²) in [5.74, 6) is -4.49. The zero-order chi connectivity index (χ0) is 27.4. The molecule has 1 aromatic rings. The number of nitrogens with two attached hydrogens (primary N) is 2. The molecule has 36 heavy (non-hydrogen) atoms. The predicted octanol–water partition coefficient (Wildman–Crippen LogP) is -1.90. The van der Waals surface area contributed by atoms with Crippen LogP contribution >= 0.6 is 0 Å². The highest BCUT2D eigenvalue weighted by molar-refractivity contribution is 5.94. The summed E-state index contributed by atoms with van der Waals surface area (Å²) in [6, 6.07) is 0.789. The molecule has 0 aromatic heterocycles. The molecule has 13 heteroatoms. The highest BCUT2D eigenvalue weighted by Crippen LogP contribution is 2.13. The number of aliphatic hydroxyl groups excluding tert-OH is 1. The third-order valence-corrected chi connectivity index (χ3v) is 5.18. The van der Waals surface area contributed by atoms with Gasteiger partial charge in [0.05, 0.1) is 6.61 Å². The Morgan fingerprint density at radius 1 is 0.889 bits per heavy atom. The number of carbonyl (C=O) groups is 5. The number of aromatic hydroxyl groups is 1. The fourth-order valence-electron chi connectivity index (χ4n) is 3.23. The van der Waals surface area contributed by atoms with Crippen molar-refractivity contribution in [2.24, 2.45) is 17.4 Å². The van der Waals surface area contributed by atoms with Crippen LogP contribution in [0.1, 0.15) is 38.7 Å². The van der Waals surface area contributed by atoms with Crippen molar-refractivity contribution in [3.05, 3.63) is 29.8 Å². The van der Waals surface area contributed by atoms with Crippen molar-refractivity contribution in [2.75, 3.05) is 6.61 Å². The summed E-state index contributed by atoms with van der Waals surface area (Å²) in [5.41, 5.74) is 11.1. The highest BCUT2D eigenvalue weighted by atomic mass is 16.4. The molecule has 0 radical (unpaired) electrons. The molecule has 4 atom stereocenters. The minimum Gasteiger partial charge on any atom is -0.508 e. The third-order valence-electron chi connectivity index (χ3n) is 5.18. The Morgan fingerprint density at radius 3 is 1.92 bits per heavy atom. The van der Waals surface area contributed by atoms with Crippen LogP contribution in [0.5, 0.6) is 5.75 Å². The molecule has 1 rings (SSSR count). The number of primary amides is 1. The van der Waals surface area contributed by atoms with E-state index >= 15 is 0 Å². The number of carbonyl (C=O) groups excluding carboxylic acids is 4. The maximum absolute atomic E-state index is 13.1. The van der Waals surface area contributed by atoms with Crippen molar-refractivity contribution in [2.45, 2.75) is 63.7 Å². The Labute approximate surface area is 208 Å². The van der Waals surface area contributed by atoms with Gasteiger partial charge >= 0.3 is 5.97 Å². The van der Waals surface area contributed by atoms with Gasteiger partial charge in [0.15, 0.2) is 0 Å². The van der Waals surface area contributed by atoms with E-state index < -0.39 is 60.4 Å². The summed E-state index contributed by atoms with van der Waals surface area (Å²) < 4.78 is 0. The van der Waals surface area contributed by atoms with Crippen molar-refractivity contribution < 1.29 is 39.3 Å². The van der Waals surface area contributed by atoms with Crippen LogP contribution in [0.15, 0.2) is 24.3 Å². The molecule has 0 heterocycles. The maximum Gasteiger partial charge on any atom is 0.326 e. The van der Waals surface area contributed by atoms with Gasteiger partial charge in [-0.1, -0.05) is 26.0 Å². The second kappa shape index (κ2) is 14.6. The van der Waals surface area contributed by atoms with E-state index in [0.717, 1.165) is 0 Å². The quantitative estimate of drug-likeness (QED) is 0.132. The van der Waals surface area contributed by atoms with Crippen LogP contribution in [-0.2, 0) is 30.4 Å². The van der Waals surface area contributed by atoms with Gasteiger partial charge in [-0.2, -0.15) is 0 Å². The van der Waals surface area contributed by atoms with Crippen LogP contribution in [-0.4, -0.2) is 75.7 Å². The molecule has 0 fully saturated rings. The first-order valence-corrected chi connectivity index (χ1v) is 11.4. The smallest absolute Gasteiger partial charge is 0.326 e. The van der Waals surface area contributed by atoms with Gasteiger partial charge < -0.3 is 42.7 Å². The van der Waals surface area contributed by atoms with Gasteiger partial charge in [0.1, 0.15) is 29.9 Å². The zero-order valence-electron chi connectivity index (χ0n) is 20.3. The number of carboxylic acids is 1. The molecule has 0 saturated carbocycles. The monoisotopic (exact) mass is 509 g/mol. The fourth-order valence-corrected chi connectivity index (χ4v) is 3.23. The van der Waals surface area contributed by atoms with E-state index in [1.807, 2.05) is 13.8 Å². The molecule has 1 aromatic carbocycles. The third kappa shape index (κ3) is 10.7. The molecule has 0 aliphatic carbocycles. The van der Waals surface area contributed by atoms with Crippen LogP contribution in [0.2, 0.25) is 0 Å². The average Bonchev–Trinajstić information content (AvgIpc) is 2.80. The van der Waals surface area contributed by atoms with E-state index in [4.69, 9.17) is 16.6 Å². The molecule has 4 amide bonds. The molecule has 0 spiro atoms. The molecule has 0 aliphatic heterocycles. The van der Waals surface area contributed by atoms with Crippen molar-refractivity contribution >= 4 is 29.6 Å². The standard InChI is InChI=1S/C23H35N5O8/c1-12(2)9-17(27-20(32)15(24)11-29)21(33)28-18(10-13-3-5-14(30)6-4-13)22(34)26-16(23(35)36)7-8-19(25)31/h3-6,12,15-18,29-30H,7-11,24H2,1-2H3,(H2,25,31)(H,26,34)(H,27,32)(H,28,33)(H,35,36). The summed E-state index contributed by atoms with van der Waals surface area (Å²) >= 11 is 0. The van der Waals surface area contributed by atoms with Crippen LogP contribution < -0.4 is 27.4 Å². The zero-order valence-corrected chi connectivity index (χ0v) is 20.3. The molecule has 0 bridgehead atoms. The number of aliphatic carboxylic acids is 1.